The van der Waals surface area contributed by atoms with Gasteiger partial charge in [0, 0.05) is 5.54 Å². The van der Waals surface area contributed by atoms with Gasteiger partial charge in [-0.05, 0) is 55.9 Å². The second kappa shape index (κ2) is 8.81. The molecule has 1 amide bonds. The van der Waals surface area contributed by atoms with E-state index in [1.807, 2.05) is 56.4 Å². The van der Waals surface area contributed by atoms with Crippen molar-refractivity contribution in [1.29, 1.82) is 0 Å². The van der Waals surface area contributed by atoms with Gasteiger partial charge in [0.25, 0.3) is 5.91 Å². The second-order valence-corrected chi connectivity index (χ2v) is 9.14. The Balaban J connectivity index is 1.85. The highest BCUT2D eigenvalue weighted by Gasteiger charge is 2.20. The molecule has 0 spiro atoms. The molecule has 2 rings (SSSR count). The number of carbonyl (C=O) groups excluding carboxylic acids is 2. The molecule has 1 aliphatic rings. The molecule has 1 fully saturated rings. The van der Waals surface area contributed by atoms with Crippen molar-refractivity contribution in [2.75, 3.05) is 18.1 Å². The van der Waals surface area contributed by atoms with Gasteiger partial charge in [0.15, 0.2) is 6.61 Å². The van der Waals surface area contributed by atoms with E-state index in [0.29, 0.717) is 10.1 Å². The third-order valence-electron chi connectivity index (χ3n) is 3.94. The highest BCUT2D eigenvalue weighted by Crippen LogP contribution is 2.43. The van der Waals surface area contributed by atoms with E-state index < -0.39 is 5.97 Å². The standard InChI is InChI=1S/C18H25NO3S2/c1-4-18(2,3)19-15(20)12-22-16(21)13-6-8-14(9-7-13)17-23-10-5-11-24-17/h6-9,17H,4-5,10-12H2,1-3H3,(H,19,20). The van der Waals surface area contributed by atoms with Crippen LogP contribution in [0.2, 0.25) is 0 Å². The average molecular weight is 368 g/mol. The lowest BCUT2D eigenvalue weighted by molar-refractivity contribution is -0.125. The number of nitrogens with one attached hydrogen (secondary N) is 1. The molecule has 0 saturated carbocycles. The van der Waals surface area contributed by atoms with E-state index in [2.05, 4.69) is 5.32 Å². The molecule has 6 heteroatoms. The maximum Gasteiger partial charge on any atom is 0.338 e. The van der Waals surface area contributed by atoms with Crippen molar-refractivity contribution in [2.24, 2.45) is 0 Å². The van der Waals surface area contributed by atoms with Crippen LogP contribution in [-0.4, -0.2) is 35.5 Å². The Hall–Kier alpha value is -1.14. The van der Waals surface area contributed by atoms with E-state index in [1.54, 1.807) is 12.1 Å². The molecule has 1 N–H and O–H groups in total. The van der Waals surface area contributed by atoms with Crippen LogP contribution in [0.1, 0.15) is 54.1 Å². The topological polar surface area (TPSA) is 55.4 Å². The lowest BCUT2D eigenvalue weighted by Gasteiger charge is -2.24. The Morgan fingerprint density at radius 2 is 1.83 bits per heavy atom. The van der Waals surface area contributed by atoms with Crippen LogP contribution >= 0.6 is 23.5 Å². The van der Waals surface area contributed by atoms with Crippen molar-refractivity contribution >= 4 is 35.4 Å². The van der Waals surface area contributed by atoms with Gasteiger partial charge in [-0.2, -0.15) is 0 Å². The van der Waals surface area contributed by atoms with Crippen LogP contribution in [0, 0.1) is 0 Å². The molecule has 1 aliphatic heterocycles. The summed E-state index contributed by atoms with van der Waals surface area (Å²) in [7, 11) is 0. The average Bonchev–Trinajstić information content (AvgIpc) is 2.60. The molecule has 132 valence electrons. The summed E-state index contributed by atoms with van der Waals surface area (Å²) in [5.74, 6) is 1.63. The molecule has 24 heavy (non-hydrogen) atoms. The van der Waals surface area contributed by atoms with Gasteiger partial charge >= 0.3 is 5.97 Å². The van der Waals surface area contributed by atoms with E-state index in [-0.39, 0.29) is 18.1 Å². The molecule has 0 radical (unpaired) electrons. The monoisotopic (exact) mass is 367 g/mol. The third-order valence-corrected chi connectivity index (χ3v) is 6.96. The van der Waals surface area contributed by atoms with Crippen molar-refractivity contribution in [2.45, 2.75) is 43.7 Å². The molecule has 0 atom stereocenters. The largest absolute Gasteiger partial charge is 0.452 e. The Kier molecular flexibility index (Phi) is 7.04. The highest BCUT2D eigenvalue weighted by molar-refractivity contribution is 8.16. The molecular weight excluding hydrogens is 342 g/mol. The fourth-order valence-electron chi connectivity index (χ4n) is 2.17. The predicted octanol–water partition coefficient (Wildman–Crippen LogP) is 4.02. The molecule has 0 unspecified atom stereocenters. The molecule has 0 aromatic heterocycles. The molecule has 1 aromatic carbocycles. The van der Waals surface area contributed by atoms with Crippen LogP contribution < -0.4 is 5.32 Å². The molecule has 1 heterocycles. The van der Waals surface area contributed by atoms with Gasteiger partial charge < -0.3 is 10.1 Å². The lowest BCUT2D eigenvalue weighted by Crippen LogP contribution is -2.44. The summed E-state index contributed by atoms with van der Waals surface area (Å²) < 4.78 is 5.55. The van der Waals surface area contributed by atoms with E-state index in [4.69, 9.17) is 4.74 Å². The van der Waals surface area contributed by atoms with Crippen molar-refractivity contribution in [3.63, 3.8) is 0 Å². The first-order chi connectivity index (χ1) is 11.4. The van der Waals surface area contributed by atoms with E-state index >= 15 is 0 Å². The van der Waals surface area contributed by atoms with Gasteiger partial charge in [0.2, 0.25) is 0 Å². The summed E-state index contributed by atoms with van der Waals surface area (Å²) in [5, 5.41) is 2.84. The summed E-state index contributed by atoms with van der Waals surface area (Å²) in [5.41, 5.74) is 1.41. The van der Waals surface area contributed by atoms with Crippen LogP contribution in [-0.2, 0) is 9.53 Å². The fraction of sp³-hybridized carbons (Fsp3) is 0.556. The third kappa shape index (κ3) is 5.74. The first-order valence-corrected chi connectivity index (χ1v) is 10.3. The van der Waals surface area contributed by atoms with Crippen molar-refractivity contribution in [3.05, 3.63) is 35.4 Å². The minimum Gasteiger partial charge on any atom is -0.452 e. The molecular formula is C18H25NO3S2. The van der Waals surface area contributed by atoms with E-state index in [0.717, 1.165) is 6.42 Å². The molecule has 1 aromatic rings. The first-order valence-electron chi connectivity index (χ1n) is 8.22. The number of ether oxygens (including phenoxy) is 1. The smallest absolute Gasteiger partial charge is 0.338 e. The van der Waals surface area contributed by atoms with Gasteiger partial charge in [-0.3, -0.25) is 4.79 Å². The number of benzene rings is 1. The number of hydrogen-bond donors (Lipinski definition) is 1. The number of esters is 1. The van der Waals surface area contributed by atoms with Crippen LogP contribution in [0.25, 0.3) is 0 Å². The van der Waals surface area contributed by atoms with Crippen LogP contribution in [0.15, 0.2) is 24.3 Å². The van der Waals surface area contributed by atoms with Gasteiger partial charge in [0.05, 0.1) is 10.1 Å². The van der Waals surface area contributed by atoms with E-state index in [1.165, 1.54) is 23.5 Å². The fourth-order valence-corrected chi connectivity index (χ4v) is 5.07. The zero-order chi connectivity index (χ0) is 17.6. The second-order valence-electron chi connectivity index (χ2n) is 6.41. The van der Waals surface area contributed by atoms with Crippen LogP contribution in [0.5, 0.6) is 0 Å². The maximum atomic E-state index is 12.1. The van der Waals surface area contributed by atoms with Crippen LogP contribution in [0.4, 0.5) is 0 Å². The summed E-state index contributed by atoms with van der Waals surface area (Å²) in [4.78, 5) is 23.9. The van der Waals surface area contributed by atoms with Crippen molar-refractivity contribution in [1.82, 2.24) is 5.32 Å². The summed E-state index contributed by atoms with van der Waals surface area (Å²) in [6, 6.07) is 7.52. The Bertz CT molecular complexity index is 566. The number of hydrogen-bond acceptors (Lipinski definition) is 5. The summed E-state index contributed by atoms with van der Waals surface area (Å²) >= 11 is 3.89. The highest BCUT2D eigenvalue weighted by atomic mass is 32.2. The van der Waals surface area contributed by atoms with Gasteiger partial charge in [-0.15, -0.1) is 23.5 Å². The van der Waals surface area contributed by atoms with Crippen molar-refractivity contribution in [3.8, 4) is 0 Å². The molecule has 0 bridgehead atoms. The Labute approximate surface area is 152 Å². The number of carbonyl (C=O) groups is 2. The zero-order valence-corrected chi connectivity index (χ0v) is 16.1. The predicted molar refractivity (Wildman–Crippen MR) is 102 cm³/mol. The van der Waals surface area contributed by atoms with Gasteiger partial charge in [-0.25, -0.2) is 4.79 Å². The SMILES string of the molecule is CCC(C)(C)NC(=O)COC(=O)c1ccc(C2SCCCS2)cc1. The summed E-state index contributed by atoms with van der Waals surface area (Å²) in [6.45, 7) is 5.62. The molecule has 0 aliphatic carbocycles. The number of amides is 1. The normalized spacial score (nSPS) is 15.8. The molecule has 4 nitrogen and oxygen atoms in total. The Morgan fingerprint density at radius 1 is 1.21 bits per heavy atom. The number of rotatable bonds is 6. The van der Waals surface area contributed by atoms with E-state index in [9.17, 15) is 9.59 Å². The van der Waals surface area contributed by atoms with Crippen molar-refractivity contribution < 1.29 is 14.3 Å². The maximum absolute atomic E-state index is 12.1. The van der Waals surface area contributed by atoms with Gasteiger partial charge in [0.1, 0.15) is 0 Å². The minimum atomic E-state index is -0.463. The zero-order valence-electron chi connectivity index (χ0n) is 14.5. The van der Waals surface area contributed by atoms with Crippen LogP contribution in [0.3, 0.4) is 0 Å². The number of thioether (sulfide) groups is 2. The summed E-state index contributed by atoms with van der Waals surface area (Å²) in [6.07, 6.45) is 2.07. The van der Waals surface area contributed by atoms with Gasteiger partial charge in [-0.1, -0.05) is 19.1 Å². The first kappa shape index (κ1) is 19.2. The quantitative estimate of drug-likeness (QED) is 0.770. The lowest BCUT2D eigenvalue weighted by atomic mass is 10.0. The minimum absolute atomic E-state index is 0.252. The molecule has 1 saturated heterocycles. The Morgan fingerprint density at radius 3 is 2.42 bits per heavy atom.